The third kappa shape index (κ3) is 3.70. The second-order valence-electron chi connectivity index (χ2n) is 4.75. The van der Waals surface area contributed by atoms with Crippen LogP contribution in [-0.4, -0.2) is 17.9 Å². The molecule has 2 nitrogen and oxygen atoms in total. The molecule has 0 bridgehead atoms. The predicted molar refractivity (Wildman–Crippen MR) is 88.8 cm³/mol. The number of amides is 1. The van der Waals surface area contributed by atoms with Crippen LogP contribution in [0.2, 0.25) is 0 Å². The van der Waals surface area contributed by atoms with Crippen molar-refractivity contribution in [3.8, 4) is 0 Å². The lowest BCUT2D eigenvalue weighted by molar-refractivity contribution is 0.0784. The Morgan fingerprint density at radius 1 is 1.10 bits per heavy atom. The maximum Gasteiger partial charge on any atom is 0.254 e. The van der Waals surface area contributed by atoms with Gasteiger partial charge in [-0.2, -0.15) is 0 Å². The minimum atomic E-state index is 0.0313. The van der Waals surface area contributed by atoms with E-state index >= 15 is 0 Å². The highest BCUT2D eigenvalue weighted by molar-refractivity contribution is 9.10. The van der Waals surface area contributed by atoms with Gasteiger partial charge in [-0.15, -0.1) is 0 Å². The summed E-state index contributed by atoms with van der Waals surface area (Å²) in [5, 5.41) is 0. The van der Waals surface area contributed by atoms with Crippen LogP contribution < -0.4 is 0 Å². The van der Waals surface area contributed by atoms with Gasteiger partial charge in [0.2, 0.25) is 0 Å². The van der Waals surface area contributed by atoms with E-state index in [4.69, 9.17) is 0 Å². The SMILES string of the molecule is Cc1ccc(Br)cc1C(=O)N(C)Cc1cccc(Br)c1. The number of carbonyl (C=O) groups excluding carboxylic acids is 1. The molecule has 0 aliphatic carbocycles. The highest BCUT2D eigenvalue weighted by atomic mass is 79.9. The first-order chi connectivity index (χ1) is 9.47. The van der Waals surface area contributed by atoms with Gasteiger partial charge in [-0.1, -0.05) is 50.1 Å². The van der Waals surface area contributed by atoms with E-state index in [1.54, 1.807) is 4.90 Å². The Balaban J connectivity index is 2.18. The molecule has 0 heterocycles. The normalized spacial score (nSPS) is 10.4. The smallest absolute Gasteiger partial charge is 0.254 e. The number of aryl methyl sites for hydroxylation is 1. The van der Waals surface area contributed by atoms with Gasteiger partial charge in [-0.05, 0) is 42.3 Å². The summed E-state index contributed by atoms with van der Waals surface area (Å²) in [6.45, 7) is 2.54. The van der Waals surface area contributed by atoms with Crippen molar-refractivity contribution in [2.24, 2.45) is 0 Å². The molecule has 0 aromatic heterocycles. The van der Waals surface area contributed by atoms with Crippen LogP contribution in [0, 0.1) is 6.92 Å². The van der Waals surface area contributed by atoms with E-state index in [-0.39, 0.29) is 5.91 Å². The molecule has 2 aromatic carbocycles. The van der Waals surface area contributed by atoms with Crippen molar-refractivity contribution in [3.63, 3.8) is 0 Å². The van der Waals surface area contributed by atoms with Gasteiger partial charge in [-0.3, -0.25) is 4.79 Å². The van der Waals surface area contributed by atoms with Gasteiger partial charge < -0.3 is 4.90 Å². The van der Waals surface area contributed by atoms with Crippen LogP contribution >= 0.6 is 31.9 Å². The topological polar surface area (TPSA) is 20.3 Å². The Morgan fingerprint density at radius 3 is 2.50 bits per heavy atom. The van der Waals surface area contributed by atoms with Crippen LogP contribution in [-0.2, 0) is 6.54 Å². The van der Waals surface area contributed by atoms with Crippen molar-refractivity contribution in [2.75, 3.05) is 7.05 Å². The van der Waals surface area contributed by atoms with Crippen molar-refractivity contribution < 1.29 is 4.79 Å². The van der Waals surface area contributed by atoms with Gasteiger partial charge in [0.15, 0.2) is 0 Å². The second kappa shape index (κ2) is 6.55. The molecule has 4 heteroatoms. The highest BCUT2D eigenvalue weighted by Crippen LogP contribution is 2.19. The van der Waals surface area contributed by atoms with Crippen LogP contribution in [0.5, 0.6) is 0 Å². The van der Waals surface area contributed by atoms with Gasteiger partial charge in [-0.25, -0.2) is 0 Å². The van der Waals surface area contributed by atoms with E-state index < -0.39 is 0 Å². The van der Waals surface area contributed by atoms with Gasteiger partial charge in [0.1, 0.15) is 0 Å². The number of nitrogens with zero attached hydrogens (tertiary/aromatic N) is 1. The second-order valence-corrected chi connectivity index (χ2v) is 6.58. The molecule has 1 amide bonds. The summed E-state index contributed by atoms with van der Waals surface area (Å²) in [5.41, 5.74) is 2.82. The van der Waals surface area contributed by atoms with Crippen molar-refractivity contribution in [1.29, 1.82) is 0 Å². The first kappa shape index (κ1) is 15.3. The van der Waals surface area contributed by atoms with Crippen LogP contribution in [0.3, 0.4) is 0 Å². The van der Waals surface area contributed by atoms with Crippen LogP contribution in [0.15, 0.2) is 51.4 Å². The molecule has 2 aromatic rings. The maximum atomic E-state index is 12.5. The summed E-state index contributed by atoms with van der Waals surface area (Å²) in [6, 6.07) is 13.8. The fourth-order valence-corrected chi connectivity index (χ4v) is 2.82. The summed E-state index contributed by atoms with van der Waals surface area (Å²) in [6.07, 6.45) is 0. The average Bonchev–Trinajstić information content (AvgIpc) is 2.40. The maximum absolute atomic E-state index is 12.5. The Kier molecular flexibility index (Phi) is 5.00. The molecule has 0 spiro atoms. The summed E-state index contributed by atoms with van der Waals surface area (Å²) < 4.78 is 1.94. The van der Waals surface area contributed by atoms with Gasteiger partial charge in [0.25, 0.3) is 5.91 Å². The molecule has 20 heavy (non-hydrogen) atoms. The van der Waals surface area contributed by atoms with E-state index in [0.29, 0.717) is 6.54 Å². The first-order valence-electron chi connectivity index (χ1n) is 6.23. The molecule has 104 valence electrons. The van der Waals surface area contributed by atoms with Gasteiger partial charge >= 0.3 is 0 Å². The summed E-state index contributed by atoms with van der Waals surface area (Å²) in [5.74, 6) is 0.0313. The molecule has 0 aliphatic rings. The predicted octanol–water partition coefficient (Wildman–Crippen LogP) is 4.79. The molecule has 0 saturated heterocycles. The number of rotatable bonds is 3. The molecular weight excluding hydrogens is 382 g/mol. The quantitative estimate of drug-likeness (QED) is 0.730. The fourth-order valence-electron chi connectivity index (χ4n) is 2.01. The standard InChI is InChI=1S/C16H15Br2NO/c1-11-6-7-14(18)9-15(11)16(20)19(2)10-12-4-3-5-13(17)8-12/h3-9H,10H2,1-2H3. The van der Waals surface area contributed by atoms with E-state index in [1.807, 2.05) is 56.4 Å². The minimum absolute atomic E-state index is 0.0313. The Hall–Kier alpha value is -1.13. The highest BCUT2D eigenvalue weighted by Gasteiger charge is 2.14. The zero-order chi connectivity index (χ0) is 14.7. The lowest BCUT2D eigenvalue weighted by Crippen LogP contribution is -2.26. The average molecular weight is 397 g/mol. The molecule has 0 atom stereocenters. The van der Waals surface area contributed by atoms with Gasteiger partial charge in [0, 0.05) is 28.1 Å². The van der Waals surface area contributed by atoms with E-state index in [9.17, 15) is 4.79 Å². The van der Waals surface area contributed by atoms with E-state index in [2.05, 4.69) is 31.9 Å². The fraction of sp³-hybridized carbons (Fsp3) is 0.188. The number of halogens is 2. The Labute approximate surface area is 136 Å². The summed E-state index contributed by atoms with van der Waals surface area (Å²) in [4.78, 5) is 14.2. The zero-order valence-corrected chi connectivity index (χ0v) is 14.5. The Bertz CT molecular complexity index is 640. The number of carbonyl (C=O) groups is 1. The molecule has 0 radical (unpaired) electrons. The van der Waals surface area contributed by atoms with Crippen LogP contribution in [0.4, 0.5) is 0 Å². The summed E-state index contributed by atoms with van der Waals surface area (Å²) >= 11 is 6.86. The van der Waals surface area contributed by atoms with Crippen molar-refractivity contribution in [3.05, 3.63) is 68.1 Å². The van der Waals surface area contributed by atoms with Gasteiger partial charge in [0.05, 0.1) is 0 Å². The van der Waals surface area contributed by atoms with Crippen LogP contribution in [0.1, 0.15) is 21.5 Å². The molecule has 0 aliphatic heterocycles. The van der Waals surface area contributed by atoms with E-state index in [0.717, 1.165) is 25.6 Å². The monoisotopic (exact) mass is 395 g/mol. The number of hydrogen-bond acceptors (Lipinski definition) is 1. The zero-order valence-electron chi connectivity index (χ0n) is 11.4. The Morgan fingerprint density at radius 2 is 1.80 bits per heavy atom. The molecule has 0 unspecified atom stereocenters. The number of benzene rings is 2. The molecule has 2 rings (SSSR count). The third-order valence-electron chi connectivity index (χ3n) is 3.09. The van der Waals surface area contributed by atoms with E-state index in [1.165, 1.54) is 0 Å². The summed E-state index contributed by atoms with van der Waals surface area (Å²) in [7, 11) is 1.82. The minimum Gasteiger partial charge on any atom is -0.337 e. The molecule has 0 N–H and O–H groups in total. The van der Waals surface area contributed by atoms with Crippen molar-refractivity contribution in [1.82, 2.24) is 4.90 Å². The number of hydrogen-bond donors (Lipinski definition) is 0. The molecule has 0 fully saturated rings. The molecular formula is C16H15Br2NO. The first-order valence-corrected chi connectivity index (χ1v) is 7.82. The van der Waals surface area contributed by atoms with Crippen molar-refractivity contribution in [2.45, 2.75) is 13.5 Å². The molecule has 0 saturated carbocycles. The lowest BCUT2D eigenvalue weighted by atomic mass is 10.1. The van der Waals surface area contributed by atoms with Crippen LogP contribution in [0.25, 0.3) is 0 Å². The van der Waals surface area contributed by atoms with Crippen molar-refractivity contribution >= 4 is 37.8 Å². The lowest BCUT2D eigenvalue weighted by Gasteiger charge is -2.19. The third-order valence-corrected chi connectivity index (χ3v) is 4.07. The largest absolute Gasteiger partial charge is 0.337 e.